The summed E-state index contributed by atoms with van der Waals surface area (Å²) in [4.78, 5) is 14.3. The Balaban J connectivity index is 2.65. The van der Waals surface area contributed by atoms with Gasteiger partial charge < -0.3 is 5.73 Å². The van der Waals surface area contributed by atoms with Gasteiger partial charge in [-0.05, 0) is 18.4 Å². The van der Waals surface area contributed by atoms with E-state index < -0.39 is 0 Å². The van der Waals surface area contributed by atoms with Gasteiger partial charge in [0.15, 0.2) is 6.29 Å². The Labute approximate surface area is 75.5 Å². The largest absolute Gasteiger partial charge is 0.405 e. The van der Waals surface area contributed by atoms with E-state index in [1.807, 2.05) is 0 Å². The maximum Gasteiger partial charge on any atom is 0.167 e. The van der Waals surface area contributed by atoms with E-state index in [0.29, 0.717) is 12.0 Å². The molecular weight excluding hydrogens is 168 g/mol. The zero-order valence-corrected chi connectivity index (χ0v) is 6.92. The van der Waals surface area contributed by atoms with Gasteiger partial charge in [0.2, 0.25) is 0 Å². The maximum atomic E-state index is 10.5. The summed E-state index contributed by atoms with van der Waals surface area (Å²) in [6.45, 7) is 0. The predicted molar refractivity (Wildman–Crippen MR) is 49.1 cm³/mol. The van der Waals surface area contributed by atoms with E-state index in [9.17, 15) is 4.79 Å². The summed E-state index contributed by atoms with van der Waals surface area (Å²) >= 11 is 0. The Morgan fingerprint density at radius 3 is 3.00 bits per heavy atom. The van der Waals surface area contributed by atoms with Gasteiger partial charge in [-0.2, -0.15) is 0 Å². The molecule has 0 fully saturated rings. The molecule has 0 radical (unpaired) electrons. The molecule has 1 aromatic rings. The van der Waals surface area contributed by atoms with Gasteiger partial charge in [0.05, 0.1) is 5.70 Å². The maximum absolute atomic E-state index is 10.5. The zero-order valence-electron chi connectivity index (χ0n) is 6.92. The molecule has 5 nitrogen and oxygen atoms in total. The second-order valence-electron chi connectivity index (χ2n) is 2.21. The Hall–Kier alpha value is -2.04. The molecule has 0 saturated heterocycles. The monoisotopic (exact) mass is 178 g/mol. The number of hydrogen-bond acceptors (Lipinski definition) is 4. The molecule has 13 heavy (non-hydrogen) atoms. The molecule has 5 heteroatoms. The second-order valence-corrected chi connectivity index (χ2v) is 2.21. The molecule has 3 N–H and O–H groups in total. The molecule has 0 unspecified atom stereocenters. The molecule has 1 heterocycles. The highest BCUT2D eigenvalue weighted by molar-refractivity contribution is 5.75. The van der Waals surface area contributed by atoms with E-state index in [4.69, 9.17) is 5.73 Å². The number of rotatable bonds is 4. The lowest BCUT2D eigenvalue weighted by Crippen LogP contribution is -2.12. The molecule has 0 amide bonds. The Bertz CT molecular complexity index is 313. The van der Waals surface area contributed by atoms with Crippen LogP contribution in [0, 0.1) is 0 Å². The molecule has 0 aliphatic rings. The topological polar surface area (TPSA) is 72.9 Å². The van der Waals surface area contributed by atoms with Crippen LogP contribution < -0.4 is 11.2 Å². The molecule has 0 saturated carbocycles. The fraction of sp³-hybridized carbons (Fsp3) is 0. The standard InChI is InChI=1S/C8H10N4O/c9-3-1-2-8(6-13)11-12-5-4-10-7-12/h1-7,11H,9H2/b3-1-,8-2-. The van der Waals surface area contributed by atoms with Crippen molar-refractivity contribution in [3.63, 3.8) is 0 Å². The summed E-state index contributed by atoms with van der Waals surface area (Å²) in [5.41, 5.74) is 8.30. The van der Waals surface area contributed by atoms with Crippen molar-refractivity contribution in [3.05, 3.63) is 42.8 Å². The smallest absolute Gasteiger partial charge is 0.167 e. The van der Waals surface area contributed by atoms with Crippen LogP contribution in [0.4, 0.5) is 0 Å². The Kier molecular flexibility index (Phi) is 3.31. The van der Waals surface area contributed by atoms with Gasteiger partial charge in [-0.1, -0.05) is 0 Å². The lowest BCUT2D eigenvalue weighted by atomic mass is 10.4. The minimum Gasteiger partial charge on any atom is -0.405 e. The average molecular weight is 178 g/mol. The van der Waals surface area contributed by atoms with Gasteiger partial charge >= 0.3 is 0 Å². The van der Waals surface area contributed by atoms with Crippen molar-refractivity contribution in [1.29, 1.82) is 0 Å². The van der Waals surface area contributed by atoms with Crippen molar-refractivity contribution in [2.45, 2.75) is 0 Å². The fourth-order valence-corrected chi connectivity index (χ4v) is 0.736. The first-order chi connectivity index (χ1) is 6.36. The number of carbonyl (C=O) groups excluding carboxylic acids is 1. The number of nitrogens with one attached hydrogen (secondary N) is 1. The van der Waals surface area contributed by atoms with Gasteiger partial charge in [-0.25, -0.2) is 4.98 Å². The second kappa shape index (κ2) is 4.76. The van der Waals surface area contributed by atoms with Crippen LogP contribution in [0.2, 0.25) is 0 Å². The van der Waals surface area contributed by atoms with Crippen molar-refractivity contribution < 1.29 is 4.79 Å². The fourth-order valence-electron chi connectivity index (χ4n) is 0.736. The summed E-state index contributed by atoms with van der Waals surface area (Å²) in [5.74, 6) is 0. The SMILES string of the molecule is N/C=C\C=C(\C=O)Nn1ccnc1. The molecule has 1 rings (SSSR count). The lowest BCUT2D eigenvalue weighted by molar-refractivity contribution is -0.104. The number of carbonyl (C=O) groups is 1. The summed E-state index contributed by atoms with van der Waals surface area (Å²) < 4.78 is 1.56. The number of nitrogens with two attached hydrogens (primary N) is 1. The summed E-state index contributed by atoms with van der Waals surface area (Å²) in [6.07, 6.45) is 10.0. The van der Waals surface area contributed by atoms with Gasteiger partial charge in [-0.15, -0.1) is 0 Å². The van der Waals surface area contributed by atoms with E-state index in [1.54, 1.807) is 35.5 Å². The predicted octanol–water partition coefficient (Wildman–Crippen LogP) is -0.0182. The van der Waals surface area contributed by atoms with Gasteiger partial charge in [0.1, 0.15) is 6.33 Å². The molecule has 68 valence electrons. The Morgan fingerprint density at radius 2 is 2.46 bits per heavy atom. The summed E-state index contributed by atoms with van der Waals surface area (Å²) in [7, 11) is 0. The van der Waals surface area contributed by atoms with E-state index in [2.05, 4.69) is 10.4 Å². The third-order valence-electron chi connectivity index (χ3n) is 1.28. The highest BCUT2D eigenvalue weighted by atomic mass is 16.1. The summed E-state index contributed by atoms with van der Waals surface area (Å²) in [5, 5.41) is 0. The number of aromatic nitrogens is 2. The zero-order chi connectivity index (χ0) is 9.52. The van der Waals surface area contributed by atoms with Gasteiger partial charge in [0.25, 0.3) is 0 Å². The van der Waals surface area contributed by atoms with E-state index >= 15 is 0 Å². The third kappa shape index (κ3) is 2.82. The first-order valence-corrected chi connectivity index (χ1v) is 3.65. The number of allylic oxidation sites excluding steroid dienone is 3. The van der Waals surface area contributed by atoms with Crippen LogP contribution in [0.25, 0.3) is 0 Å². The van der Waals surface area contributed by atoms with Crippen LogP contribution in [0.3, 0.4) is 0 Å². The molecule has 0 spiro atoms. The molecule has 0 aromatic carbocycles. The minimum absolute atomic E-state index is 0.403. The van der Waals surface area contributed by atoms with Gasteiger partial charge in [0, 0.05) is 12.4 Å². The molecule has 0 bridgehead atoms. The first-order valence-electron chi connectivity index (χ1n) is 3.65. The van der Waals surface area contributed by atoms with Crippen molar-refractivity contribution >= 4 is 6.29 Å². The molecule has 0 atom stereocenters. The first kappa shape index (κ1) is 9.05. The molecule has 0 aliphatic heterocycles. The van der Waals surface area contributed by atoms with Crippen LogP contribution in [-0.2, 0) is 4.79 Å². The highest BCUT2D eigenvalue weighted by Gasteiger charge is 1.91. The number of imidazole rings is 1. The molecular formula is C8H10N4O. The normalized spacial score (nSPS) is 11.8. The van der Waals surface area contributed by atoms with Crippen molar-refractivity contribution in [2.75, 3.05) is 5.43 Å². The average Bonchev–Trinajstić information content (AvgIpc) is 2.64. The molecule has 1 aromatic heterocycles. The van der Waals surface area contributed by atoms with Crippen molar-refractivity contribution in [2.24, 2.45) is 5.73 Å². The Morgan fingerprint density at radius 1 is 1.62 bits per heavy atom. The van der Waals surface area contributed by atoms with Crippen LogP contribution in [0.1, 0.15) is 0 Å². The van der Waals surface area contributed by atoms with Gasteiger partial charge in [-0.3, -0.25) is 14.9 Å². The number of aldehydes is 1. The number of nitrogens with zero attached hydrogens (tertiary/aromatic N) is 2. The number of hydrogen-bond donors (Lipinski definition) is 2. The van der Waals surface area contributed by atoms with Crippen LogP contribution in [-0.4, -0.2) is 15.9 Å². The van der Waals surface area contributed by atoms with Crippen LogP contribution in [0.15, 0.2) is 42.8 Å². The van der Waals surface area contributed by atoms with E-state index in [0.717, 1.165) is 0 Å². The van der Waals surface area contributed by atoms with E-state index in [1.165, 1.54) is 6.20 Å². The summed E-state index contributed by atoms with van der Waals surface area (Å²) in [6, 6.07) is 0. The highest BCUT2D eigenvalue weighted by Crippen LogP contribution is 1.89. The van der Waals surface area contributed by atoms with E-state index in [-0.39, 0.29) is 0 Å². The van der Waals surface area contributed by atoms with Crippen molar-refractivity contribution in [3.8, 4) is 0 Å². The van der Waals surface area contributed by atoms with Crippen LogP contribution >= 0.6 is 0 Å². The quantitative estimate of drug-likeness (QED) is 0.386. The van der Waals surface area contributed by atoms with Crippen LogP contribution in [0.5, 0.6) is 0 Å². The van der Waals surface area contributed by atoms with Crippen molar-refractivity contribution in [1.82, 2.24) is 9.66 Å². The minimum atomic E-state index is 0.403. The lowest BCUT2D eigenvalue weighted by Gasteiger charge is -2.03. The molecule has 0 aliphatic carbocycles. The third-order valence-corrected chi connectivity index (χ3v) is 1.28.